The molecule has 1 nitrogen and oxygen atoms in total. The van der Waals surface area contributed by atoms with Crippen LogP contribution in [0, 0.1) is 5.82 Å². The lowest BCUT2D eigenvalue weighted by Crippen LogP contribution is -1.88. The van der Waals surface area contributed by atoms with Crippen LogP contribution < -0.4 is 0 Å². The summed E-state index contributed by atoms with van der Waals surface area (Å²) in [5, 5.41) is 1.54. The highest BCUT2D eigenvalue weighted by atomic mass is 35.5. The number of hydrogen-bond donors (Lipinski definition) is 0. The smallest absolute Gasteiger partial charge is 0.141 e. The lowest BCUT2D eigenvalue weighted by molar-refractivity contribution is 0.628. The number of para-hydroxylation sites is 1. The highest BCUT2D eigenvalue weighted by Gasteiger charge is 2.09. The van der Waals surface area contributed by atoms with Gasteiger partial charge in [-0.3, -0.25) is 0 Å². The maximum absolute atomic E-state index is 13.2. The van der Waals surface area contributed by atoms with Crippen LogP contribution in [0.1, 0.15) is 0 Å². The molecule has 0 N–H and O–H groups in total. The molecule has 1 heterocycles. The first-order chi connectivity index (χ1) is 9.15. The number of pyridine rings is 1. The van der Waals surface area contributed by atoms with Gasteiger partial charge in [0.1, 0.15) is 5.82 Å². The summed E-state index contributed by atoms with van der Waals surface area (Å²) in [6.07, 6.45) is 0. The van der Waals surface area contributed by atoms with E-state index >= 15 is 0 Å². The summed E-state index contributed by atoms with van der Waals surface area (Å²) in [7, 11) is 0. The summed E-state index contributed by atoms with van der Waals surface area (Å²) < 4.78 is 13.2. The van der Waals surface area contributed by atoms with Crippen molar-refractivity contribution in [3.63, 3.8) is 0 Å². The lowest BCUT2D eigenvalue weighted by atomic mass is 10.1. The SMILES string of the molecule is Fc1ccc(-c2nc3ccccc3cc2Cl)cc1Cl. The largest absolute Gasteiger partial charge is 0.246 e. The Labute approximate surface area is 119 Å². The van der Waals surface area contributed by atoms with E-state index in [4.69, 9.17) is 23.2 Å². The van der Waals surface area contributed by atoms with Gasteiger partial charge in [0.05, 0.1) is 21.3 Å². The van der Waals surface area contributed by atoms with Crippen molar-refractivity contribution in [3.8, 4) is 11.3 Å². The predicted molar refractivity (Wildman–Crippen MR) is 77.2 cm³/mol. The van der Waals surface area contributed by atoms with Gasteiger partial charge < -0.3 is 0 Å². The molecule has 4 heteroatoms. The van der Waals surface area contributed by atoms with Crippen molar-refractivity contribution in [3.05, 3.63) is 64.4 Å². The Hall–Kier alpha value is -1.64. The van der Waals surface area contributed by atoms with Crippen LogP contribution in [0.2, 0.25) is 10.0 Å². The zero-order valence-electron chi connectivity index (χ0n) is 9.70. The van der Waals surface area contributed by atoms with E-state index in [0.717, 1.165) is 10.9 Å². The second kappa shape index (κ2) is 4.80. The molecule has 0 aliphatic carbocycles. The molecule has 94 valence electrons. The van der Waals surface area contributed by atoms with Crippen LogP contribution in [0.3, 0.4) is 0 Å². The standard InChI is InChI=1S/C15H8Cl2FN/c16-11-8-10(5-6-13(11)18)15-12(17)7-9-3-1-2-4-14(9)19-15/h1-8H. The van der Waals surface area contributed by atoms with Gasteiger partial charge in [0, 0.05) is 10.9 Å². The van der Waals surface area contributed by atoms with Crippen molar-refractivity contribution in [1.82, 2.24) is 4.98 Å². The van der Waals surface area contributed by atoms with Gasteiger partial charge in [-0.2, -0.15) is 0 Å². The van der Waals surface area contributed by atoms with E-state index < -0.39 is 5.82 Å². The molecular weight excluding hydrogens is 284 g/mol. The highest BCUT2D eigenvalue weighted by molar-refractivity contribution is 6.34. The Bertz CT molecular complexity index is 771. The van der Waals surface area contributed by atoms with E-state index in [-0.39, 0.29) is 5.02 Å². The van der Waals surface area contributed by atoms with E-state index in [2.05, 4.69) is 4.98 Å². The number of hydrogen-bond acceptors (Lipinski definition) is 1. The van der Waals surface area contributed by atoms with Crippen LogP contribution >= 0.6 is 23.2 Å². The topological polar surface area (TPSA) is 12.9 Å². The molecule has 0 saturated carbocycles. The van der Waals surface area contributed by atoms with Crippen LogP contribution in [0.25, 0.3) is 22.2 Å². The van der Waals surface area contributed by atoms with Crippen molar-refractivity contribution in [1.29, 1.82) is 0 Å². The molecule has 0 aliphatic rings. The predicted octanol–water partition coefficient (Wildman–Crippen LogP) is 5.35. The van der Waals surface area contributed by atoms with E-state index in [0.29, 0.717) is 16.3 Å². The molecule has 0 saturated heterocycles. The van der Waals surface area contributed by atoms with Gasteiger partial charge >= 0.3 is 0 Å². The van der Waals surface area contributed by atoms with Crippen LogP contribution in [0.5, 0.6) is 0 Å². The normalized spacial score (nSPS) is 10.9. The number of nitrogens with zero attached hydrogens (tertiary/aromatic N) is 1. The molecule has 0 radical (unpaired) electrons. The summed E-state index contributed by atoms with van der Waals surface area (Å²) in [6.45, 7) is 0. The minimum absolute atomic E-state index is 0.0588. The molecule has 3 aromatic rings. The zero-order valence-corrected chi connectivity index (χ0v) is 11.2. The first-order valence-electron chi connectivity index (χ1n) is 5.66. The van der Waals surface area contributed by atoms with Gasteiger partial charge in [0.2, 0.25) is 0 Å². The number of rotatable bonds is 1. The molecule has 1 aromatic heterocycles. The van der Waals surface area contributed by atoms with Gasteiger partial charge in [0.25, 0.3) is 0 Å². The number of benzene rings is 2. The van der Waals surface area contributed by atoms with Gasteiger partial charge in [-0.15, -0.1) is 0 Å². The van der Waals surface area contributed by atoms with E-state index in [9.17, 15) is 4.39 Å². The number of halogens is 3. The molecule has 0 atom stereocenters. The van der Waals surface area contributed by atoms with Crippen molar-refractivity contribution < 1.29 is 4.39 Å². The van der Waals surface area contributed by atoms with E-state index in [1.807, 2.05) is 30.3 Å². The van der Waals surface area contributed by atoms with E-state index in [1.165, 1.54) is 12.1 Å². The van der Waals surface area contributed by atoms with Crippen molar-refractivity contribution >= 4 is 34.1 Å². The van der Waals surface area contributed by atoms with Crippen LogP contribution in [0.4, 0.5) is 4.39 Å². The van der Waals surface area contributed by atoms with Gasteiger partial charge in [-0.05, 0) is 30.3 Å². The van der Waals surface area contributed by atoms with E-state index in [1.54, 1.807) is 6.07 Å². The molecule has 0 spiro atoms. The summed E-state index contributed by atoms with van der Waals surface area (Å²) in [4.78, 5) is 4.50. The summed E-state index contributed by atoms with van der Waals surface area (Å²) in [6, 6.07) is 14.0. The Morgan fingerprint density at radius 1 is 0.895 bits per heavy atom. The second-order valence-electron chi connectivity index (χ2n) is 4.14. The monoisotopic (exact) mass is 291 g/mol. The summed E-state index contributed by atoms with van der Waals surface area (Å²) in [5.74, 6) is -0.456. The van der Waals surface area contributed by atoms with Crippen LogP contribution in [-0.4, -0.2) is 4.98 Å². The maximum atomic E-state index is 13.2. The summed E-state index contributed by atoms with van der Waals surface area (Å²) >= 11 is 12.0. The third-order valence-corrected chi connectivity index (χ3v) is 3.45. The Morgan fingerprint density at radius 2 is 1.68 bits per heavy atom. The average molecular weight is 292 g/mol. The maximum Gasteiger partial charge on any atom is 0.141 e. The minimum Gasteiger partial charge on any atom is -0.246 e. The molecule has 0 unspecified atom stereocenters. The number of aromatic nitrogens is 1. The Kier molecular flexibility index (Phi) is 3.13. The third kappa shape index (κ3) is 2.29. The molecule has 3 rings (SSSR count). The lowest BCUT2D eigenvalue weighted by Gasteiger charge is -2.07. The van der Waals surface area contributed by atoms with Crippen molar-refractivity contribution in [2.24, 2.45) is 0 Å². The fraction of sp³-hybridized carbons (Fsp3) is 0. The van der Waals surface area contributed by atoms with Crippen molar-refractivity contribution in [2.75, 3.05) is 0 Å². The first kappa shape index (κ1) is 12.4. The van der Waals surface area contributed by atoms with Crippen LogP contribution in [-0.2, 0) is 0 Å². The second-order valence-corrected chi connectivity index (χ2v) is 4.95. The molecule has 0 aliphatic heterocycles. The molecule has 0 fully saturated rings. The quantitative estimate of drug-likeness (QED) is 0.589. The molecule has 0 amide bonds. The Balaban J connectivity index is 2.23. The van der Waals surface area contributed by atoms with Gasteiger partial charge in [-0.25, -0.2) is 9.37 Å². The van der Waals surface area contributed by atoms with Crippen LogP contribution in [0.15, 0.2) is 48.5 Å². The molecular formula is C15H8Cl2FN. The third-order valence-electron chi connectivity index (χ3n) is 2.87. The number of fused-ring (bicyclic) bond motifs is 1. The van der Waals surface area contributed by atoms with Gasteiger partial charge in [-0.1, -0.05) is 41.4 Å². The fourth-order valence-electron chi connectivity index (χ4n) is 1.94. The molecule has 0 bridgehead atoms. The molecule has 2 aromatic carbocycles. The van der Waals surface area contributed by atoms with Gasteiger partial charge in [0.15, 0.2) is 0 Å². The first-order valence-corrected chi connectivity index (χ1v) is 6.41. The molecule has 19 heavy (non-hydrogen) atoms. The summed E-state index contributed by atoms with van der Waals surface area (Å²) in [5.41, 5.74) is 2.13. The highest BCUT2D eigenvalue weighted by Crippen LogP contribution is 2.31. The fourth-order valence-corrected chi connectivity index (χ4v) is 2.39. The Morgan fingerprint density at radius 3 is 2.47 bits per heavy atom. The minimum atomic E-state index is -0.456. The van der Waals surface area contributed by atoms with Crippen molar-refractivity contribution in [2.45, 2.75) is 0 Å². The average Bonchev–Trinajstić information content (AvgIpc) is 2.41. The zero-order chi connectivity index (χ0) is 13.4.